The van der Waals surface area contributed by atoms with Crippen LogP contribution in [0.15, 0.2) is 39.4 Å². The third kappa shape index (κ3) is 1.79. The summed E-state index contributed by atoms with van der Waals surface area (Å²) in [5.41, 5.74) is 1.06. The van der Waals surface area contributed by atoms with Gasteiger partial charge in [-0.3, -0.25) is 0 Å². The summed E-state index contributed by atoms with van der Waals surface area (Å²) in [5.74, 6) is 2.13. The van der Waals surface area contributed by atoms with Crippen LogP contribution >= 0.6 is 15.9 Å². The first kappa shape index (κ1) is 10.1. The van der Waals surface area contributed by atoms with E-state index in [4.69, 9.17) is 4.42 Å². The minimum absolute atomic E-state index is 0.448. The zero-order valence-electron chi connectivity index (χ0n) is 8.61. The van der Waals surface area contributed by atoms with Gasteiger partial charge in [-0.2, -0.15) is 0 Å². The average molecular weight is 279 g/mol. The van der Waals surface area contributed by atoms with Crippen molar-refractivity contribution in [2.75, 3.05) is 13.1 Å². The van der Waals surface area contributed by atoms with E-state index in [1.165, 1.54) is 0 Å². The molecule has 1 fully saturated rings. The highest BCUT2D eigenvalue weighted by atomic mass is 79.9. The number of hydrogen-bond acceptors (Lipinski definition) is 3. The zero-order valence-corrected chi connectivity index (χ0v) is 10.2. The summed E-state index contributed by atoms with van der Waals surface area (Å²) in [7, 11) is 0. The third-order valence-corrected chi connectivity index (χ3v) is 3.31. The average Bonchev–Trinajstić information content (AvgIpc) is 2.65. The van der Waals surface area contributed by atoms with Crippen molar-refractivity contribution >= 4 is 15.9 Å². The van der Waals surface area contributed by atoms with Gasteiger partial charge < -0.3 is 9.73 Å². The molecule has 3 nitrogen and oxygen atoms in total. The lowest BCUT2D eigenvalue weighted by Crippen LogP contribution is -2.40. The first-order chi connectivity index (χ1) is 7.83. The highest BCUT2D eigenvalue weighted by molar-refractivity contribution is 9.10. The summed E-state index contributed by atoms with van der Waals surface area (Å²) < 4.78 is 6.82. The van der Waals surface area contributed by atoms with Crippen LogP contribution in [0, 0.1) is 0 Å². The molecule has 0 amide bonds. The van der Waals surface area contributed by atoms with E-state index in [2.05, 4.69) is 26.2 Å². The molecule has 1 saturated heterocycles. The Morgan fingerprint density at radius 1 is 1.25 bits per heavy atom. The van der Waals surface area contributed by atoms with Gasteiger partial charge in [0.05, 0.1) is 12.1 Å². The Labute approximate surface area is 102 Å². The molecule has 0 bridgehead atoms. The van der Waals surface area contributed by atoms with Crippen LogP contribution in [0.4, 0.5) is 0 Å². The molecule has 0 spiro atoms. The Kier molecular flexibility index (Phi) is 2.53. The molecule has 16 heavy (non-hydrogen) atoms. The molecule has 1 aromatic carbocycles. The van der Waals surface area contributed by atoms with Gasteiger partial charge in [-0.25, -0.2) is 4.98 Å². The van der Waals surface area contributed by atoms with Crippen molar-refractivity contribution in [2.24, 2.45) is 0 Å². The smallest absolute Gasteiger partial charge is 0.200 e. The number of nitrogens with zero attached hydrogens (tertiary/aromatic N) is 1. The fraction of sp³-hybridized carbons (Fsp3) is 0.250. The van der Waals surface area contributed by atoms with E-state index < -0.39 is 0 Å². The van der Waals surface area contributed by atoms with Crippen molar-refractivity contribution in [3.63, 3.8) is 0 Å². The van der Waals surface area contributed by atoms with Gasteiger partial charge in [0.2, 0.25) is 5.89 Å². The van der Waals surface area contributed by atoms with Crippen molar-refractivity contribution < 1.29 is 4.42 Å². The molecule has 1 aliphatic rings. The van der Waals surface area contributed by atoms with Gasteiger partial charge in [-0.15, -0.1) is 0 Å². The maximum absolute atomic E-state index is 5.75. The molecule has 4 heteroatoms. The van der Waals surface area contributed by atoms with Crippen molar-refractivity contribution in [3.8, 4) is 11.3 Å². The van der Waals surface area contributed by atoms with E-state index in [1.807, 2.05) is 24.3 Å². The van der Waals surface area contributed by atoms with Gasteiger partial charge in [0.1, 0.15) is 0 Å². The van der Waals surface area contributed by atoms with Crippen LogP contribution in [-0.2, 0) is 0 Å². The minimum atomic E-state index is 0.448. The molecule has 2 heterocycles. The molecule has 0 saturated carbocycles. The second-order valence-electron chi connectivity index (χ2n) is 3.92. The lowest BCUT2D eigenvalue weighted by Gasteiger charge is -2.23. The van der Waals surface area contributed by atoms with Crippen molar-refractivity contribution in [2.45, 2.75) is 5.92 Å². The van der Waals surface area contributed by atoms with Gasteiger partial charge >= 0.3 is 0 Å². The van der Waals surface area contributed by atoms with E-state index in [1.54, 1.807) is 6.20 Å². The highest BCUT2D eigenvalue weighted by Gasteiger charge is 2.23. The number of rotatable bonds is 2. The topological polar surface area (TPSA) is 38.1 Å². The number of benzene rings is 1. The van der Waals surface area contributed by atoms with Crippen LogP contribution in [0.2, 0.25) is 0 Å². The Balaban J connectivity index is 1.88. The molecule has 0 unspecified atom stereocenters. The standard InChI is InChI=1S/C12H11BrN2O/c13-10-3-1-8(2-4-10)11-7-15-12(16-11)9-5-14-6-9/h1-4,7,9,14H,5-6H2. The predicted octanol–water partition coefficient (Wildman–Crippen LogP) is 2.79. The van der Waals surface area contributed by atoms with E-state index in [9.17, 15) is 0 Å². The fourth-order valence-corrected chi connectivity index (χ4v) is 1.95. The molecule has 0 atom stereocenters. The summed E-state index contributed by atoms with van der Waals surface area (Å²) in [6, 6.07) is 8.05. The first-order valence-electron chi connectivity index (χ1n) is 5.25. The molecular weight excluding hydrogens is 268 g/mol. The van der Waals surface area contributed by atoms with Crippen LogP contribution in [0.1, 0.15) is 11.8 Å². The zero-order chi connectivity index (χ0) is 11.0. The Bertz CT molecular complexity index is 488. The number of halogens is 1. The van der Waals surface area contributed by atoms with Crippen LogP contribution in [-0.4, -0.2) is 18.1 Å². The SMILES string of the molecule is Brc1ccc(-c2cnc(C3CNC3)o2)cc1. The van der Waals surface area contributed by atoms with Crippen molar-refractivity contribution in [3.05, 3.63) is 40.8 Å². The van der Waals surface area contributed by atoms with Crippen LogP contribution < -0.4 is 5.32 Å². The van der Waals surface area contributed by atoms with Gasteiger partial charge in [0.15, 0.2) is 5.76 Å². The molecule has 82 valence electrons. The lowest BCUT2D eigenvalue weighted by molar-refractivity contribution is 0.361. The van der Waals surface area contributed by atoms with E-state index >= 15 is 0 Å². The van der Waals surface area contributed by atoms with Crippen LogP contribution in [0.5, 0.6) is 0 Å². The Morgan fingerprint density at radius 2 is 2.00 bits per heavy atom. The summed E-state index contributed by atoms with van der Waals surface area (Å²) in [6.07, 6.45) is 1.80. The van der Waals surface area contributed by atoms with Crippen LogP contribution in [0.25, 0.3) is 11.3 Å². The molecule has 1 aromatic heterocycles. The molecular formula is C12H11BrN2O. The number of aromatic nitrogens is 1. The molecule has 2 aromatic rings. The Hall–Kier alpha value is -1.13. The van der Waals surface area contributed by atoms with Gasteiger partial charge in [0, 0.05) is 23.1 Å². The van der Waals surface area contributed by atoms with Crippen LogP contribution in [0.3, 0.4) is 0 Å². The molecule has 1 aliphatic heterocycles. The third-order valence-electron chi connectivity index (χ3n) is 2.78. The minimum Gasteiger partial charge on any atom is -0.440 e. The summed E-state index contributed by atoms with van der Waals surface area (Å²) in [5, 5.41) is 3.21. The number of hydrogen-bond donors (Lipinski definition) is 1. The monoisotopic (exact) mass is 278 g/mol. The van der Waals surface area contributed by atoms with E-state index in [0.717, 1.165) is 34.8 Å². The molecule has 0 radical (unpaired) electrons. The largest absolute Gasteiger partial charge is 0.440 e. The summed E-state index contributed by atoms with van der Waals surface area (Å²) in [4.78, 5) is 4.32. The van der Waals surface area contributed by atoms with Gasteiger partial charge in [-0.1, -0.05) is 28.1 Å². The maximum Gasteiger partial charge on any atom is 0.200 e. The highest BCUT2D eigenvalue weighted by Crippen LogP contribution is 2.26. The fourth-order valence-electron chi connectivity index (χ4n) is 1.69. The second kappa shape index (κ2) is 4.03. The van der Waals surface area contributed by atoms with Gasteiger partial charge in [-0.05, 0) is 12.1 Å². The lowest BCUT2D eigenvalue weighted by atomic mass is 10.0. The Morgan fingerprint density at radius 3 is 2.62 bits per heavy atom. The number of nitrogens with one attached hydrogen (secondary N) is 1. The second-order valence-corrected chi connectivity index (χ2v) is 4.84. The van der Waals surface area contributed by atoms with Crippen molar-refractivity contribution in [1.82, 2.24) is 10.3 Å². The normalized spacial score (nSPS) is 16.1. The predicted molar refractivity (Wildman–Crippen MR) is 65.2 cm³/mol. The van der Waals surface area contributed by atoms with E-state index in [-0.39, 0.29) is 0 Å². The quantitative estimate of drug-likeness (QED) is 0.918. The molecule has 1 N–H and O–H groups in total. The maximum atomic E-state index is 5.75. The molecule has 0 aliphatic carbocycles. The summed E-state index contributed by atoms with van der Waals surface area (Å²) >= 11 is 3.41. The molecule has 3 rings (SSSR count). The number of oxazole rings is 1. The summed E-state index contributed by atoms with van der Waals surface area (Å²) in [6.45, 7) is 1.95. The van der Waals surface area contributed by atoms with Gasteiger partial charge in [0.25, 0.3) is 0 Å². The van der Waals surface area contributed by atoms with E-state index in [0.29, 0.717) is 5.92 Å². The van der Waals surface area contributed by atoms with Crippen molar-refractivity contribution in [1.29, 1.82) is 0 Å². The first-order valence-corrected chi connectivity index (χ1v) is 6.04.